The Balaban J connectivity index is 1.71. The minimum Gasteiger partial charge on any atom is -0.493 e. The molecule has 2 amide bonds. The zero-order valence-electron chi connectivity index (χ0n) is 19.5. The average Bonchev–Trinajstić information content (AvgIpc) is 2.88. The predicted octanol–water partition coefficient (Wildman–Crippen LogP) is 6.69. The van der Waals surface area contributed by atoms with Crippen LogP contribution in [0.1, 0.15) is 11.1 Å². The zero-order chi connectivity index (χ0) is 27.9. The van der Waals surface area contributed by atoms with Crippen molar-refractivity contribution in [3.8, 4) is 17.6 Å². The van der Waals surface area contributed by atoms with Gasteiger partial charge in [0.1, 0.15) is 11.6 Å². The van der Waals surface area contributed by atoms with E-state index in [-0.39, 0.29) is 28.8 Å². The van der Waals surface area contributed by atoms with Crippen molar-refractivity contribution in [1.82, 2.24) is 0 Å². The van der Waals surface area contributed by atoms with Crippen molar-refractivity contribution in [2.45, 2.75) is 6.18 Å². The molecule has 0 saturated heterocycles. The van der Waals surface area contributed by atoms with Crippen molar-refractivity contribution >= 4 is 56.8 Å². The summed E-state index contributed by atoms with van der Waals surface area (Å²) < 4.78 is 50.7. The van der Waals surface area contributed by atoms with Gasteiger partial charge in [0.2, 0.25) is 0 Å². The number of amides is 2. The Hall–Kier alpha value is -4.01. The van der Waals surface area contributed by atoms with Gasteiger partial charge in [0.05, 0.1) is 23.4 Å². The molecule has 2 N–H and O–H groups in total. The van der Waals surface area contributed by atoms with Crippen molar-refractivity contribution in [2.75, 3.05) is 24.4 Å². The number of halogens is 5. The first-order valence-electron chi connectivity index (χ1n) is 10.7. The number of rotatable bonds is 8. The van der Waals surface area contributed by atoms with Crippen molar-refractivity contribution in [2.24, 2.45) is 0 Å². The summed E-state index contributed by atoms with van der Waals surface area (Å²) in [6, 6.07) is 15.6. The SMILES string of the molecule is COc1cc(/C=C(\C#N)C(=O)Nc2cc(C(F)(F)F)ccc2Cl)ccc1OCC(=O)Nc1ccc(Br)cc1. The van der Waals surface area contributed by atoms with Gasteiger partial charge in [-0.15, -0.1) is 0 Å². The van der Waals surface area contributed by atoms with Crippen molar-refractivity contribution in [3.63, 3.8) is 0 Å². The molecule has 0 aliphatic rings. The van der Waals surface area contributed by atoms with Crippen molar-refractivity contribution in [3.05, 3.63) is 86.9 Å². The number of benzene rings is 3. The molecule has 3 aromatic rings. The smallest absolute Gasteiger partial charge is 0.416 e. The third-order valence-electron chi connectivity index (χ3n) is 4.89. The van der Waals surface area contributed by atoms with Crippen LogP contribution in [0, 0.1) is 11.3 Å². The number of hydrogen-bond acceptors (Lipinski definition) is 5. The van der Waals surface area contributed by atoms with Gasteiger partial charge in [-0.1, -0.05) is 33.6 Å². The molecule has 196 valence electrons. The van der Waals surface area contributed by atoms with E-state index >= 15 is 0 Å². The van der Waals surface area contributed by atoms with Crippen LogP contribution in [0.4, 0.5) is 24.5 Å². The molecule has 0 aliphatic carbocycles. The topological polar surface area (TPSA) is 100 Å². The van der Waals surface area contributed by atoms with Gasteiger partial charge < -0.3 is 20.1 Å². The van der Waals surface area contributed by atoms with E-state index in [0.717, 1.165) is 16.6 Å². The molecule has 0 heterocycles. The van der Waals surface area contributed by atoms with Crippen LogP contribution in [-0.4, -0.2) is 25.5 Å². The van der Waals surface area contributed by atoms with Crippen LogP contribution < -0.4 is 20.1 Å². The average molecular weight is 609 g/mol. The molecular formula is C26H18BrClF3N3O4. The van der Waals surface area contributed by atoms with E-state index < -0.39 is 29.1 Å². The molecule has 0 atom stereocenters. The lowest BCUT2D eigenvalue weighted by Crippen LogP contribution is -2.20. The van der Waals surface area contributed by atoms with Gasteiger partial charge in [0.25, 0.3) is 11.8 Å². The van der Waals surface area contributed by atoms with Crippen LogP contribution in [0.3, 0.4) is 0 Å². The van der Waals surface area contributed by atoms with Crippen LogP contribution in [0.5, 0.6) is 11.5 Å². The van der Waals surface area contributed by atoms with Gasteiger partial charge in [0, 0.05) is 10.2 Å². The summed E-state index contributed by atoms with van der Waals surface area (Å²) in [4.78, 5) is 24.8. The molecule has 7 nitrogen and oxygen atoms in total. The normalized spacial score (nSPS) is 11.3. The quantitative estimate of drug-likeness (QED) is 0.219. The van der Waals surface area contributed by atoms with Crippen LogP contribution in [-0.2, 0) is 15.8 Å². The number of hydrogen-bond donors (Lipinski definition) is 2. The molecule has 38 heavy (non-hydrogen) atoms. The summed E-state index contributed by atoms with van der Waals surface area (Å²) >= 11 is 9.22. The highest BCUT2D eigenvalue weighted by atomic mass is 79.9. The second kappa shape index (κ2) is 12.5. The van der Waals surface area contributed by atoms with Crippen molar-refractivity contribution < 1.29 is 32.2 Å². The molecule has 3 rings (SSSR count). The van der Waals surface area contributed by atoms with Gasteiger partial charge in [-0.3, -0.25) is 9.59 Å². The lowest BCUT2D eigenvalue weighted by atomic mass is 10.1. The summed E-state index contributed by atoms with van der Waals surface area (Å²) in [5, 5.41) is 14.2. The Bertz CT molecular complexity index is 1420. The standard InChI is InChI=1S/C26H18BrClF3N3O4/c1-37-23-11-15(2-9-22(23)38-14-24(35)33-19-6-4-18(27)5-7-19)10-16(13-32)25(36)34-21-12-17(26(29,30)31)3-8-20(21)28/h2-12H,14H2,1H3,(H,33,35)(H,34,36)/b16-10+. The molecule has 12 heteroatoms. The number of nitriles is 1. The number of nitrogens with zero attached hydrogens (tertiary/aromatic N) is 1. The third kappa shape index (κ3) is 7.74. The fraction of sp³-hybridized carbons (Fsp3) is 0.115. The van der Waals surface area contributed by atoms with E-state index in [1.165, 1.54) is 31.4 Å². The van der Waals surface area contributed by atoms with Gasteiger partial charge >= 0.3 is 6.18 Å². The lowest BCUT2D eigenvalue weighted by molar-refractivity contribution is -0.137. The minimum atomic E-state index is -4.64. The first-order chi connectivity index (χ1) is 18.0. The molecule has 0 aromatic heterocycles. The van der Waals surface area contributed by atoms with Crippen molar-refractivity contribution in [1.29, 1.82) is 5.26 Å². The van der Waals surface area contributed by atoms with Gasteiger partial charge in [-0.05, 0) is 66.2 Å². The number of carbonyl (C=O) groups excluding carboxylic acids is 2. The summed E-state index contributed by atoms with van der Waals surface area (Å²) in [5.41, 5.74) is -0.762. The number of alkyl halides is 3. The minimum absolute atomic E-state index is 0.129. The first kappa shape index (κ1) is 28.6. The Morgan fingerprint density at radius 2 is 1.76 bits per heavy atom. The molecule has 0 unspecified atom stereocenters. The fourth-order valence-corrected chi connectivity index (χ4v) is 3.50. The Morgan fingerprint density at radius 3 is 2.39 bits per heavy atom. The molecule has 3 aromatic carbocycles. The Labute approximate surface area is 228 Å². The summed E-state index contributed by atoms with van der Waals surface area (Å²) in [6.07, 6.45) is -3.43. The van der Waals surface area contributed by atoms with E-state index in [9.17, 15) is 28.0 Å². The molecule has 0 fully saturated rings. The second-order valence-corrected chi connectivity index (χ2v) is 8.89. The van der Waals surface area contributed by atoms with Gasteiger partial charge in [-0.2, -0.15) is 18.4 Å². The summed E-state index contributed by atoms with van der Waals surface area (Å²) in [7, 11) is 1.37. The predicted molar refractivity (Wildman–Crippen MR) is 140 cm³/mol. The molecule has 0 radical (unpaired) electrons. The highest BCUT2D eigenvalue weighted by Gasteiger charge is 2.31. The monoisotopic (exact) mass is 607 g/mol. The fourth-order valence-electron chi connectivity index (χ4n) is 3.07. The Kier molecular flexibility index (Phi) is 9.39. The molecular weight excluding hydrogens is 591 g/mol. The number of anilines is 2. The van der Waals surface area contributed by atoms with Crippen LogP contribution >= 0.6 is 27.5 Å². The largest absolute Gasteiger partial charge is 0.493 e. The number of nitrogens with one attached hydrogen (secondary N) is 2. The van der Waals surface area contributed by atoms with Gasteiger partial charge in [-0.25, -0.2) is 0 Å². The highest BCUT2D eigenvalue weighted by molar-refractivity contribution is 9.10. The van der Waals surface area contributed by atoms with Crippen LogP contribution in [0.25, 0.3) is 6.08 Å². The van der Waals surface area contributed by atoms with Crippen LogP contribution in [0.2, 0.25) is 5.02 Å². The lowest BCUT2D eigenvalue weighted by Gasteiger charge is -2.12. The number of ether oxygens (including phenoxy) is 2. The van der Waals surface area contributed by atoms with E-state index in [1.54, 1.807) is 30.3 Å². The maximum atomic E-state index is 13.0. The van der Waals surface area contributed by atoms with Crippen LogP contribution in [0.15, 0.2) is 70.7 Å². The zero-order valence-corrected chi connectivity index (χ0v) is 21.9. The van der Waals surface area contributed by atoms with Gasteiger partial charge in [0.15, 0.2) is 18.1 Å². The number of carbonyl (C=O) groups is 2. The maximum Gasteiger partial charge on any atom is 0.416 e. The summed E-state index contributed by atoms with van der Waals surface area (Å²) in [6.45, 7) is -0.314. The maximum absolute atomic E-state index is 13.0. The van der Waals surface area contributed by atoms with E-state index in [2.05, 4.69) is 26.6 Å². The second-order valence-electron chi connectivity index (χ2n) is 7.57. The Morgan fingerprint density at radius 1 is 1.05 bits per heavy atom. The molecule has 0 bridgehead atoms. The van der Waals surface area contributed by atoms with E-state index in [1.807, 2.05) is 0 Å². The third-order valence-corrected chi connectivity index (χ3v) is 5.75. The number of methoxy groups -OCH3 is 1. The first-order valence-corrected chi connectivity index (χ1v) is 11.8. The van der Waals surface area contributed by atoms with E-state index in [4.69, 9.17) is 21.1 Å². The molecule has 0 aliphatic heterocycles. The highest BCUT2D eigenvalue weighted by Crippen LogP contribution is 2.34. The molecule has 0 saturated carbocycles. The summed E-state index contributed by atoms with van der Waals surface area (Å²) in [5.74, 6) is -0.921. The van der Waals surface area contributed by atoms with E-state index in [0.29, 0.717) is 17.3 Å². The molecule has 0 spiro atoms.